The fraction of sp³-hybridized carbons (Fsp3) is 0.500. The van der Waals surface area contributed by atoms with Crippen molar-refractivity contribution in [1.29, 1.82) is 0 Å². The summed E-state index contributed by atoms with van der Waals surface area (Å²) in [5.41, 5.74) is 5.91. The molecule has 0 heterocycles. The van der Waals surface area contributed by atoms with Crippen molar-refractivity contribution < 1.29 is 13.2 Å². The highest BCUT2D eigenvalue weighted by molar-refractivity contribution is 9.10. The molecule has 2 rings (SSSR count). The van der Waals surface area contributed by atoms with Gasteiger partial charge in [0.2, 0.25) is 5.91 Å². The van der Waals surface area contributed by atoms with Crippen LogP contribution in [-0.4, -0.2) is 25.6 Å². The number of nitrogens with one attached hydrogen (secondary N) is 1. The lowest BCUT2D eigenvalue weighted by Gasteiger charge is -2.18. The van der Waals surface area contributed by atoms with Crippen molar-refractivity contribution in [2.75, 3.05) is 5.73 Å². The van der Waals surface area contributed by atoms with Crippen LogP contribution in [0, 0.1) is 0 Å². The molecule has 0 radical (unpaired) electrons. The molecule has 1 aromatic rings. The Balaban J connectivity index is 2.19. The number of benzene rings is 1. The number of halogens is 1. The van der Waals surface area contributed by atoms with Crippen LogP contribution < -0.4 is 11.1 Å². The maximum absolute atomic E-state index is 12.5. The minimum absolute atomic E-state index is 0.000211. The van der Waals surface area contributed by atoms with Crippen molar-refractivity contribution in [3.05, 3.63) is 22.7 Å². The van der Waals surface area contributed by atoms with Crippen LogP contribution in [0.5, 0.6) is 0 Å². The highest BCUT2D eigenvalue weighted by atomic mass is 79.9. The first-order valence-corrected chi connectivity index (χ1v) is 9.25. The molecule has 0 aromatic heterocycles. The molecule has 116 valence electrons. The number of rotatable bonds is 4. The number of nitrogen functional groups attached to an aromatic ring is 1. The van der Waals surface area contributed by atoms with E-state index in [1.807, 2.05) is 0 Å². The summed E-state index contributed by atoms with van der Waals surface area (Å²) in [4.78, 5) is 12.2. The summed E-state index contributed by atoms with van der Waals surface area (Å²) in [6.07, 6.45) is 3.98. The van der Waals surface area contributed by atoms with Crippen LogP contribution in [-0.2, 0) is 14.6 Å². The van der Waals surface area contributed by atoms with Crippen LogP contribution in [0.15, 0.2) is 27.6 Å². The van der Waals surface area contributed by atoms with Crippen LogP contribution in [0.2, 0.25) is 0 Å². The van der Waals surface area contributed by atoms with Gasteiger partial charge < -0.3 is 11.1 Å². The Kier molecular flexibility index (Phi) is 4.93. The fourth-order valence-electron chi connectivity index (χ4n) is 2.50. The van der Waals surface area contributed by atoms with Crippen molar-refractivity contribution in [3.8, 4) is 0 Å². The Morgan fingerprint density at radius 2 is 2.00 bits per heavy atom. The first kappa shape index (κ1) is 16.3. The molecule has 21 heavy (non-hydrogen) atoms. The molecule has 1 atom stereocenters. The molecule has 7 heteroatoms. The third kappa shape index (κ3) is 3.58. The van der Waals surface area contributed by atoms with E-state index in [-0.39, 0.29) is 16.6 Å². The van der Waals surface area contributed by atoms with E-state index in [0.29, 0.717) is 4.47 Å². The lowest BCUT2D eigenvalue weighted by atomic mass is 10.2. The summed E-state index contributed by atoms with van der Waals surface area (Å²) in [6, 6.07) is 4.64. The van der Waals surface area contributed by atoms with Crippen molar-refractivity contribution in [2.24, 2.45) is 0 Å². The van der Waals surface area contributed by atoms with Gasteiger partial charge in [0.1, 0.15) is 5.25 Å². The van der Waals surface area contributed by atoms with E-state index in [4.69, 9.17) is 5.73 Å². The van der Waals surface area contributed by atoms with Crippen LogP contribution in [0.1, 0.15) is 32.6 Å². The lowest BCUT2D eigenvalue weighted by Crippen LogP contribution is -2.42. The molecular weight excluding hydrogens is 356 g/mol. The van der Waals surface area contributed by atoms with E-state index in [2.05, 4.69) is 21.2 Å². The number of hydrogen-bond donors (Lipinski definition) is 2. The summed E-state index contributed by atoms with van der Waals surface area (Å²) in [6.45, 7) is 1.40. The third-order valence-corrected chi connectivity index (χ3v) is 6.44. The number of sulfone groups is 1. The van der Waals surface area contributed by atoms with Gasteiger partial charge in [-0.25, -0.2) is 8.42 Å². The number of amides is 1. The van der Waals surface area contributed by atoms with E-state index < -0.39 is 21.0 Å². The molecule has 1 unspecified atom stereocenters. The number of carbonyl (C=O) groups excluding carboxylic acids is 1. The topological polar surface area (TPSA) is 89.3 Å². The number of nitrogens with two attached hydrogens (primary N) is 1. The van der Waals surface area contributed by atoms with Crippen LogP contribution >= 0.6 is 15.9 Å². The normalized spacial score (nSPS) is 17.6. The summed E-state index contributed by atoms with van der Waals surface area (Å²) >= 11 is 3.23. The van der Waals surface area contributed by atoms with Gasteiger partial charge in [-0.1, -0.05) is 28.8 Å². The zero-order chi connectivity index (χ0) is 15.6. The van der Waals surface area contributed by atoms with E-state index in [1.165, 1.54) is 19.1 Å². The van der Waals surface area contributed by atoms with Gasteiger partial charge in [-0.05, 0) is 38.0 Å². The quantitative estimate of drug-likeness (QED) is 0.790. The van der Waals surface area contributed by atoms with Gasteiger partial charge in [0.15, 0.2) is 9.84 Å². The largest absolute Gasteiger partial charge is 0.398 e. The summed E-state index contributed by atoms with van der Waals surface area (Å²) < 4.78 is 25.7. The zero-order valence-corrected chi connectivity index (χ0v) is 14.2. The maximum atomic E-state index is 12.5. The molecular formula is C14H19BrN2O3S. The maximum Gasteiger partial charge on any atom is 0.238 e. The molecule has 1 fully saturated rings. The SMILES string of the molecule is CC(C(=O)NC1CCCC1)S(=O)(=O)c1ccc(Br)cc1N. The smallest absolute Gasteiger partial charge is 0.238 e. The van der Waals surface area contributed by atoms with Gasteiger partial charge in [0, 0.05) is 10.5 Å². The highest BCUT2D eigenvalue weighted by Gasteiger charge is 2.32. The average molecular weight is 375 g/mol. The molecule has 0 saturated heterocycles. The Bertz CT molecular complexity index is 640. The second-order valence-corrected chi connectivity index (χ2v) is 8.51. The van der Waals surface area contributed by atoms with Gasteiger partial charge in [-0.3, -0.25) is 4.79 Å². The predicted octanol–water partition coefficient (Wildman–Crippen LogP) is 2.25. The number of carbonyl (C=O) groups is 1. The first-order valence-electron chi connectivity index (χ1n) is 6.91. The van der Waals surface area contributed by atoms with Crippen LogP contribution in [0.4, 0.5) is 5.69 Å². The first-order chi connectivity index (χ1) is 9.82. The van der Waals surface area contributed by atoms with Crippen LogP contribution in [0.3, 0.4) is 0 Å². The van der Waals surface area contributed by atoms with Gasteiger partial charge in [-0.15, -0.1) is 0 Å². The second kappa shape index (κ2) is 6.36. The second-order valence-electron chi connectivity index (χ2n) is 5.36. The predicted molar refractivity (Wildman–Crippen MR) is 85.6 cm³/mol. The zero-order valence-electron chi connectivity index (χ0n) is 11.8. The van der Waals surface area contributed by atoms with Crippen LogP contribution in [0.25, 0.3) is 0 Å². The summed E-state index contributed by atoms with van der Waals surface area (Å²) in [5.74, 6) is -0.454. The summed E-state index contributed by atoms with van der Waals surface area (Å²) in [5, 5.41) is 1.67. The molecule has 0 aliphatic heterocycles. The minimum Gasteiger partial charge on any atom is -0.398 e. The molecule has 1 aromatic carbocycles. The molecule has 3 N–H and O–H groups in total. The van der Waals surface area contributed by atoms with Gasteiger partial charge in [0.25, 0.3) is 0 Å². The van der Waals surface area contributed by atoms with Crippen molar-refractivity contribution in [2.45, 2.75) is 48.8 Å². The van der Waals surface area contributed by atoms with E-state index >= 15 is 0 Å². The van der Waals surface area contributed by atoms with Gasteiger partial charge in [-0.2, -0.15) is 0 Å². The standard InChI is InChI=1S/C14H19BrN2O3S/c1-9(14(18)17-11-4-2-3-5-11)21(19,20)13-7-6-10(15)8-12(13)16/h6-9,11H,2-5,16H2,1H3,(H,17,18). The lowest BCUT2D eigenvalue weighted by molar-refractivity contribution is -0.121. The van der Waals surface area contributed by atoms with Gasteiger partial charge >= 0.3 is 0 Å². The molecule has 0 spiro atoms. The third-order valence-electron chi connectivity index (χ3n) is 3.81. The van der Waals surface area contributed by atoms with E-state index in [1.54, 1.807) is 6.07 Å². The fourth-order valence-corrected chi connectivity index (χ4v) is 4.25. The molecule has 0 bridgehead atoms. The molecule has 1 amide bonds. The highest BCUT2D eigenvalue weighted by Crippen LogP contribution is 2.26. The monoisotopic (exact) mass is 374 g/mol. The Morgan fingerprint density at radius 1 is 1.38 bits per heavy atom. The molecule has 1 aliphatic carbocycles. The van der Waals surface area contributed by atoms with Gasteiger partial charge in [0.05, 0.1) is 10.6 Å². The van der Waals surface area contributed by atoms with Crippen molar-refractivity contribution >= 4 is 37.4 Å². The summed E-state index contributed by atoms with van der Waals surface area (Å²) in [7, 11) is -3.79. The Hall–Kier alpha value is -1.08. The molecule has 1 aliphatic rings. The van der Waals surface area contributed by atoms with E-state index in [9.17, 15) is 13.2 Å². The van der Waals surface area contributed by atoms with Crippen molar-refractivity contribution in [3.63, 3.8) is 0 Å². The van der Waals surface area contributed by atoms with E-state index in [0.717, 1.165) is 25.7 Å². The number of hydrogen-bond acceptors (Lipinski definition) is 4. The Morgan fingerprint density at radius 3 is 2.57 bits per heavy atom. The number of anilines is 1. The minimum atomic E-state index is -3.79. The molecule has 5 nitrogen and oxygen atoms in total. The van der Waals surface area contributed by atoms with Crippen molar-refractivity contribution in [1.82, 2.24) is 5.32 Å². The average Bonchev–Trinajstić information content (AvgIpc) is 2.90. The Labute approximate surface area is 133 Å². The molecule has 1 saturated carbocycles.